The highest BCUT2D eigenvalue weighted by Gasteiger charge is 2.20. The van der Waals surface area contributed by atoms with Crippen LogP contribution in [0.3, 0.4) is 0 Å². The van der Waals surface area contributed by atoms with Gasteiger partial charge < -0.3 is 19.5 Å². The standard InChI is InChI=1S/C22H30N4O4/c1-4-11-30-20-12-16(5-6-19(20)28-2)15-26-9-7-17(8-10-26)25-21-14-23-18(13-24-21)22(27)29-3/h5-6,12-14,17H,4,7-11,15H2,1-3H3,(H,24,25). The fourth-order valence-corrected chi connectivity index (χ4v) is 3.46. The minimum absolute atomic E-state index is 0.208. The molecule has 1 N–H and O–H groups in total. The van der Waals surface area contributed by atoms with Crippen molar-refractivity contribution in [3.05, 3.63) is 41.9 Å². The number of rotatable bonds is 9. The summed E-state index contributed by atoms with van der Waals surface area (Å²) in [6.45, 7) is 5.63. The predicted octanol–water partition coefficient (Wildman–Crippen LogP) is 3.14. The number of aromatic nitrogens is 2. The number of ether oxygens (including phenoxy) is 3. The molecule has 0 atom stereocenters. The summed E-state index contributed by atoms with van der Waals surface area (Å²) in [6.07, 6.45) is 5.99. The van der Waals surface area contributed by atoms with Crippen molar-refractivity contribution in [2.24, 2.45) is 0 Å². The number of carbonyl (C=O) groups excluding carboxylic acids is 1. The molecule has 0 radical (unpaired) electrons. The molecular weight excluding hydrogens is 384 g/mol. The molecule has 8 nitrogen and oxygen atoms in total. The van der Waals surface area contributed by atoms with Crippen molar-refractivity contribution in [3.8, 4) is 11.5 Å². The molecule has 1 aromatic heterocycles. The van der Waals surface area contributed by atoms with E-state index >= 15 is 0 Å². The number of benzene rings is 1. The molecule has 162 valence electrons. The molecule has 2 heterocycles. The van der Waals surface area contributed by atoms with E-state index in [0.29, 0.717) is 18.5 Å². The summed E-state index contributed by atoms with van der Waals surface area (Å²) in [4.78, 5) is 22.2. The predicted molar refractivity (Wildman–Crippen MR) is 114 cm³/mol. The lowest BCUT2D eigenvalue weighted by atomic mass is 10.0. The summed E-state index contributed by atoms with van der Waals surface area (Å²) in [5.74, 6) is 1.77. The first-order chi connectivity index (χ1) is 14.6. The lowest BCUT2D eigenvalue weighted by molar-refractivity contribution is 0.0593. The second kappa shape index (κ2) is 10.8. The molecule has 2 aromatic rings. The Bertz CT molecular complexity index is 820. The number of anilines is 1. The van der Waals surface area contributed by atoms with Crippen LogP contribution in [0, 0.1) is 0 Å². The fraction of sp³-hybridized carbons (Fsp3) is 0.500. The number of methoxy groups -OCH3 is 2. The number of carbonyl (C=O) groups is 1. The molecule has 8 heteroatoms. The molecule has 0 bridgehead atoms. The lowest BCUT2D eigenvalue weighted by Gasteiger charge is -2.32. The zero-order valence-electron chi connectivity index (χ0n) is 17.9. The third kappa shape index (κ3) is 5.82. The van der Waals surface area contributed by atoms with Gasteiger partial charge >= 0.3 is 5.97 Å². The van der Waals surface area contributed by atoms with E-state index in [1.54, 1.807) is 13.3 Å². The van der Waals surface area contributed by atoms with E-state index in [2.05, 4.69) is 44.0 Å². The van der Waals surface area contributed by atoms with Gasteiger partial charge in [-0.2, -0.15) is 0 Å². The normalized spacial score (nSPS) is 14.9. The van der Waals surface area contributed by atoms with Crippen LogP contribution in [0.25, 0.3) is 0 Å². The molecule has 0 spiro atoms. The molecule has 1 aliphatic heterocycles. The van der Waals surface area contributed by atoms with Gasteiger partial charge in [0.15, 0.2) is 17.2 Å². The number of likely N-dealkylation sites (tertiary alicyclic amines) is 1. The van der Waals surface area contributed by atoms with Crippen LogP contribution < -0.4 is 14.8 Å². The first-order valence-electron chi connectivity index (χ1n) is 10.3. The van der Waals surface area contributed by atoms with E-state index in [0.717, 1.165) is 50.4 Å². The van der Waals surface area contributed by atoms with Crippen LogP contribution in [0.15, 0.2) is 30.6 Å². The second-order valence-electron chi connectivity index (χ2n) is 7.31. The van der Waals surface area contributed by atoms with E-state index < -0.39 is 5.97 Å². The molecule has 1 saturated heterocycles. The van der Waals surface area contributed by atoms with E-state index in [9.17, 15) is 4.79 Å². The van der Waals surface area contributed by atoms with Gasteiger partial charge in [0.2, 0.25) is 0 Å². The molecule has 0 amide bonds. The van der Waals surface area contributed by atoms with Crippen LogP contribution in [0.5, 0.6) is 11.5 Å². The van der Waals surface area contributed by atoms with Crippen molar-refractivity contribution in [2.75, 3.05) is 39.2 Å². The minimum Gasteiger partial charge on any atom is -0.493 e. The monoisotopic (exact) mass is 414 g/mol. The Balaban J connectivity index is 1.50. The number of piperidine rings is 1. The Morgan fingerprint density at radius 3 is 2.60 bits per heavy atom. The van der Waals surface area contributed by atoms with Crippen molar-refractivity contribution in [1.82, 2.24) is 14.9 Å². The Hall–Kier alpha value is -2.87. The van der Waals surface area contributed by atoms with Gasteiger partial charge in [-0.25, -0.2) is 14.8 Å². The highest BCUT2D eigenvalue weighted by atomic mass is 16.5. The zero-order valence-corrected chi connectivity index (χ0v) is 17.9. The number of hydrogen-bond donors (Lipinski definition) is 1. The molecular formula is C22H30N4O4. The minimum atomic E-state index is -0.482. The zero-order chi connectivity index (χ0) is 21.3. The van der Waals surface area contributed by atoms with E-state index in [1.165, 1.54) is 18.9 Å². The van der Waals surface area contributed by atoms with Gasteiger partial charge in [-0.15, -0.1) is 0 Å². The first-order valence-corrected chi connectivity index (χ1v) is 10.3. The van der Waals surface area contributed by atoms with E-state index in [4.69, 9.17) is 9.47 Å². The van der Waals surface area contributed by atoms with Crippen LogP contribution in [0.4, 0.5) is 5.82 Å². The topological polar surface area (TPSA) is 85.8 Å². The van der Waals surface area contributed by atoms with Crippen molar-refractivity contribution in [2.45, 2.75) is 38.8 Å². The average Bonchev–Trinajstić information content (AvgIpc) is 2.79. The largest absolute Gasteiger partial charge is 0.493 e. The second-order valence-corrected chi connectivity index (χ2v) is 7.31. The van der Waals surface area contributed by atoms with Gasteiger partial charge in [-0.1, -0.05) is 13.0 Å². The van der Waals surface area contributed by atoms with Gasteiger partial charge in [0.1, 0.15) is 5.82 Å². The van der Waals surface area contributed by atoms with Gasteiger partial charge in [0, 0.05) is 25.7 Å². The number of nitrogens with one attached hydrogen (secondary N) is 1. The van der Waals surface area contributed by atoms with Crippen molar-refractivity contribution >= 4 is 11.8 Å². The Labute approximate surface area is 177 Å². The maximum atomic E-state index is 11.4. The molecule has 0 saturated carbocycles. The molecule has 1 fully saturated rings. The fourth-order valence-electron chi connectivity index (χ4n) is 3.46. The molecule has 0 unspecified atom stereocenters. The quantitative estimate of drug-likeness (QED) is 0.627. The molecule has 30 heavy (non-hydrogen) atoms. The van der Waals surface area contributed by atoms with Gasteiger partial charge in [-0.3, -0.25) is 4.90 Å². The van der Waals surface area contributed by atoms with Gasteiger partial charge in [0.05, 0.1) is 33.2 Å². The molecule has 3 rings (SSSR count). The van der Waals surface area contributed by atoms with Crippen molar-refractivity contribution in [1.29, 1.82) is 0 Å². The Morgan fingerprint density at radius 2 is 1.97 bits per heavy atom. The highest BCUT2D eigenvalue weighted by molar-refractivity contribution is 5.86. The smallest absolute Gasteiger partial charge is 0.358 e. The third-order valence-electron chi connectivity index (χ3n) is 5.08. The van der Waals surface area contributed by atoms with Crippen molar-refractivity contribution < 1.29 is 19.0 Å². The van der Waals surface area contributed by atoms with Crippen LogP contribution in [-0.2, 0) is 11.3 Å². The van der Waals surface area contributed by atoms with E-state index in [-0.39, 0.29) is 5.69 Å². The maximum absolute atomic E-state index is 11.4. The first kappa shape index (κ1) is 21.8. The van der Waals surface area contributed by atoms with Crippen LogP contribution >= 0.6 is 0 Å². The number of esters is 1. The van der Waals surface area contributed by atoms with Gasteiger partial charge in [0.25, 0.3) is 0 Å². The SMILES string of the molecule is CCCOc1cc(CN2CCC(Nc3cnc(C(=O)OC)cn3)CC2)ccc1OC. The van der Waals surface area contributed by atoms with Crippen LogP contribution in [-0.4, -0.2) is 60.8 Å². The molecule has 1 aromatic carbocycles. The maximum Gasteiger partial charge on any atom is 0.358 e. The third-order valence-corrected chi connectivity index (χ3v) is 5.08. The van der Waals surface area contributed by atoms with Crippen LogP contribution in [0.2, 0.25) is 0 Å². The summed E-state index contributed by atoms with van der Waals surface area (Å²) < 4.78 is 15.9. The molecule has 0 aliphatic carbocycles. The summed E-state index contributed by atoms with van der Waals surface area (Å²) in [7, 11) is 2.99. The summed E-state index contributed by atoms with van der Waals surface area (Å²) >= 11 is 0. The van der Waals surface area contributed by atoms with Crippen molar-refractivity contribution in [3.63, 3.8) is 0 Å². The summed E-state index contributed by atoms with van der Waals surface area (Å²) in [6, 6.07) is 6.49. The summed E-state index contributed by atoms with van der Waals surface area (Å²) in [5.41, 5.74) is 1.43. The number of nitrogens with zero attached hydrogens (tertiary/aromatic N) is 3. The Kier molecular flexibility index (Phi) is 7.84. The van der Waals surface area contributed by atoms with Gasteiger partial charge in [-0.05, 0) is 37.0 Å². The average molecular weight is 415 g/mol. The Morgan fingerprint density at radius 1 is 1.17 bits per heavy atom. The number of hydrogen-bond acceptors (Lipinski definition) is 8. The van der Waals surface area contributed by atoms with E-state index in [1.807, 2.05) is 6.07 Å². The summed E-state index contributed by atoms with van der Waals surface area (Å²) in [5, 5.41) is 3.41. The highest BCUT2D eigenvalue weighted by Crippen LogP contribution is 2.29. The lowest BCUT2D eigenvalue weighted by Crippen LogP contribution is -2.38. The molecule has 1 aliphatic rings. The van der Waals surface area contributed by atoms with Crippen LogP contribution in [0.1, 0.15) is 42.2 Å².